The van der Waals surface area contributed by atoms with Crippen LogP contribution in [0.3, 0.4) is 0 Å². The monoisotopic (exact) mass is 511 g/mol. The van der Waals surface area contributed by atoms with Gasteiger partial charge in [0, 0.05) is 5.56 Å². The molecule has 0 bridgehead atoms. The van der Waals surface area contributed by atoms with Crippen LogP contribution in [0, 0.1) is 5.82 Å². The highest BCUT2D eigenvalue weighted by Gasteiger charge is 2.38. The van der Waals surface area contributed by atoms with Crippen molar-refractivity contribution in [3.63, 3.8) is 0 Å². The number of sulfonamides is 1. The number of nitrogens with zero attached hydrogens (tertiary/aromatic N) is 2. The molecule has 2 aromatic carbocycles. The lowest BCUT2D eigenvalue weighted by Crippen LogP contribution is -2.47. The quantitative estimate of drug-likeness (QED) is 0.481. The zero-order valence-corrected chi connectivity index (χ0v) is 19.9. The molecular weight excluding hydrogens is 492 g/mol. The molecule has 1 aliphatic rings. The van der Waals surface area contributed by atoms with Crippen molar-refractivity contribution in [2.75, 3.05) is 10.8 Å². The standard InChI is InChI=1S/C22H20Cl2FN3O4S/c1-12(21-15(23)4-3-5-16(21)25)8-14-6-7-18-17(9-14)28(11-19(32-18)13(2)29)33(30,31)20-10-26-27-22(20)24/h3-10,13,19,29H,11H2,1-2H3,(H,26,27)/b12-8+/t13-,19-/m1/s1. The molecule has 2 N–H and O–H groups in total. The third-order valence-electron chi connectivity index (χ3n) is 5.28. The summed E-state index contributed by atoms with van der Waals surface area (Å²) in [6.07, 6.45) is 1.10. The van der Waals surface area contributed by atoms with Crippen molar-refractivity contribution in [3.05, 3.63) is 69.7 Å². The molecule has 0 amide bonds. The van der Waals surface area contributed by atoms with Gasteiger partial charge in [0.05, 0.1) is 29.6 Å². The summed E-state index contributed by atoms with van der Waals surface area (Å²) < 4.78 is 48.1. The van der Waals surface area contributed by atoms with Gasteiger partial charge in [0.2, 0.25) is 0 Å². The average Bonchev–Trinajstić information content (AvgIpc) is 3.19. The van der Waals surface area contributed by atoms with Crippen molar-refractivity contribution in [3.8, 4) is 5.75 Å². The summed E-state index contributed by atoms with van der Waals surface area (Å²) in [5.74, 6) is -0.190. The highest BCUT2D eigenvalue weighted by atomic mass is 35.5. The van der Waals surface area contributed by atoms with Gasteiger partial charge in [0.25, 0.3) is 10.0 Å². The Kier molecular flexibility index (Phi) is 6.41. The van der Waals surface area contributed by atoms with Gasteiger partial charge >= 0.3 is 0 Å². The number of aliphatic hydroxyl groups excluding tert-OH is 1. The van der Waals surface area contributed by atoms with E-state index in [9.17, 15) is 17.9 Å². The summed E-state index contributed by atoms with van der Waals surface area (Å²) in [5, 5.41) is 16.3. The molecule has 1 aromatic heterocycles. The molecular formula is C22H20Cl2FN3O4S. The second-order valence-corrected chi connectivity index (χ2v) is 10.2. The van der Waals surface area contributed by atoms with Crippen LogP contribution in [0.4, 0.5) is 10.1 Å². The Morgan fingerprint density at radius 1 is 1.36 bits per heavy atom. The molecule has 2 atom stereocenters. The summed E-state index contributed by atoms with van der Waals surface area (Å²) in [5.41, 5.74) is 1.68. The van der Waals surface area contributed by atoms with Crippen LogP contribution in [0.2, 0.25) is 10.2 Å². The van der Waals surface area contributed by atoms with Crippen molar-refractivity contribution in [1.29, 1.82) is 0 Å². The van der Waals surface area contributed by atoms with Crippen molar-refractivity contribution in [2.45, 2.75) is 31.0 Å². The van der Waals surface area contributed by atoms with E-state index in [0.29, 0.717) is 11.1 Å². The number of aliphatic hydroxyl groups is 1. The minimum Gasteiger partial charge on any atom is -0.484 e. The molecule has 0 saturated carbocycles. The normalized spacial score (nSPS) is 17.5. The maximum Gasteiger partial charge on any atom is 0.269 e. The zero-order valence-electron chi connectivity index (χ0n) is 17.6. The van der Waals surface area contributed by atoms with Gasteiger partial charge in [-0.15, -0.1) is 0 Å². The van der Waals surface area contributed by atoms with Crippen molar-refractivity contribution in [2.24, 2.45) is 0 Å². The molecule has 0 aliphatic carbocycles. The molecule has 2 heterocycles. The number of hydrogen-bond donors (Lipinski definition) is 2. The van der Waals surface area contributed by atoms with Gasteiger partial charge in [-0.05, 0) is 49.2 Å². The van der Waals surface area contributed by atoms with Crippen LogP contribution in [-0.4, -0.2) is 42.5 Å². The molecule has 0 saturated heterocycles. The van der Waals surface area contributed by atoms with E-state index in [0.717, 1.165) is 10.5 Å². The van der Waals surface area contributed by atoms with Gasteiger partial charge in [0.1, 0.15) is 27.7 Å². The third kappa shape index (κ3) is 4.46. The fourth-order valence-corrected chi connectivity index (χ4v) is 5.76. The molecule has 1 aliphatic heterocycles. The predicted molar refractivity (Wildman–Crippen MR) is 126 cm³/mol. The van der Waals surface area contributed by atoms with Crippen molar-refractivity contribution >= 4 is 50.6 Å². The zero-order chi connectivity index (χ0) is 23.9. The number of H-pyrrole nitrogens is 1. The molecule has 7 nitrogen and oxygen atoms in total. The van der Waals surface area contributed by atoms with Gasteiger partial charge in [-0.25, -0.2) is 12.8 Å². The molecule has 0 unspecified atom stereocenters. The Balaban J connectivity index is 1.82. The molecule has 33 heavy (non-hydrogen) atoms. The molecule has 4 rings (SSSR count). The number of hydrogen-bond acceptors (Lipinski definition) is 5. The van der Waals surface area contributed by atoms with Gasteiger partial charge in [-0.2, -0.15) is 5.10 Å². The van der Waals surface area contributed by atoms with Crippen LogP contribution < -0.4 is 9.04 Å². The number of halogens is 3. The number of rotatable bonds is 5. The Hall–Kier alpha value is -2.59. The molecule has 0 fully saturated rings. The van der Waals surface area contributed by atoms with E-state index < -0.39 is 28.0 Å². The number of allylic oxidation sites excluding steroid dienone is 1. The van der Waals surface area contributed by atoms with Crippen LogP contribution in [0.1, 0.15) is 25.0 Å². The fourth-order valence-electron chi connectivity index (χ4n) is 3.61. The van der Waals surface area contributed by atoms with E-state index >= 15 is 0 Å². The average molecular weight is 512 g/mol. The Labute approximate surface area is 200 Å². The maximum absolute atomic E-state index is 14.3. The first-order valence-corrected chi connectivity index (χ1v) is 12.1. The van der Waals surface area contributed by atoms with E-state index in [1.165, 1.54) is 19.1 Å². The smallest absolute Gasteiger partial charge is 0.269 e. The number of ether oxygens (including phenoxy) is 1. The van der Waals surface area contributed by atoms with Crippen molar-refractivity contribution < 1.29 is 22.7 Å². The van der Waals surface area contributed by atoms with Gasteiger partial charge in [-0.1, -0.05) is 41.4 Å². The number of benzene rings is 2. The Morgan fingerprint density at radius 2 is 2.12 bits per heavy atom. The van der Waals surface area contributed by atoms with E-state index in [-0.39, 0.29) is 38.6 Å². The highest BCUT2D eigenvalue weighted by molar-refractivity contribution is 7.93. The van der Waals surface area contributed by atoms with Crippen molar-refractivity contribution in [1.82, 2.24) is 10.2 Å². The number of anilines is 1. The first kappa shape index (κ1) is 23.6. The van der Waals surface area contributed by atoms with E-state index in [1.54, 1.807) is 37.3 Å². The molecule has 0 spiro atoms. The second kappa shape index (κ2) is 8.98. The van der Waals surface area contributed by atoms with E-state index in [2.05, 4.69) is 10.2 Å². The first-order chi connectivity index (χ1) is 15.6. The summed E-state index contributed by atoms with van der Waals surface area (Å²) >= 11 is 12.2. The minimum atomic E-state index is -4.13. The SMILES string of the molecule is C/C(=C\c1ccc2c(c1)N(S(=O)(=O)c1cn[nH]c1Cl)C[C@H]([C@@H](C)O)O2)c1c(F)cccc1Cl. The van der Waals surface area contributed by atoms with Crippen LogP contribution in [0.15, 0.2) is 47.5 Å². The lowest BCUT2D eigenvalue weighted by molar-refractivity contribution is 0.0503. The maximum atomic E-state index is 14.3. The largest absolute Gasteiger partial charge is 0.484 e. The number of aromatic nitrogens is 2. The number of aromatic amines is 1. The Bertz CT molecular complexity index is 1320. The fraction of sp³-hybridized carbons (Fsp3) is 0.227. The minimum absolute atomic E-state index is 0.127. The predicted octanol–water partition coefficient (Wildman–Crippen LogP) is 4.75. The summed E-state index contributed by atoms with van der Waals surface area (Å²) in [4.78, 5) is -0.198. The molecule has 0 radical (unpaired) electrons. The molecule has 174 valence electrons. The molecule has 11 heteroatoms. The van der Waals surface area contributed by atoms with Crippen LogP contribution in [0.5, 0.6) is 5.75 Å². The summed E-state index contributed by atoms with van der Waals surface area (Å²) in [6.45, 7) is 3.09. The Morgan fingerprint density at radius 3 is 2.76 bits per heavy atom. The van der Waals surface area contributed by atoms with E-state index in [4.69, 9.17) is 27.9 Å². The van der Waals surface area contributed by atoms with Gasteiger partial charge in [-0.3, -0.25) is 9.40 Å². The lowest BCUT2D eigenvalue weighted by Gasteiger charge is -2.36. The van der Waals surface area contributed by atoms with Crippen LogP contribution in [0.25, 0.3) is 11.6 Å². The number of fused-ring (bicyclic) bond motifs is 1. The lowest BCUT2D eigenvalue weighted by atomic mass is 10.0. The molecule has 3 aromatic rings. The number of nitrogens with one attached hydrogen (secondary N) is 1. The van der Waals surface area contributed by atoms with Gasteiger partial charge < -0.3 is 9.84 Å². The summed E-state index contributed by atoms with van der Waals surface area (Å²) in [6, 6.07) is 9.35. The second-order valence-electron chi connectivity index (χ2n) is 7.63. The summed E-state index contributed by atoms with van der Waals surface area (Å²) in [7, 11) is -4.13. The van der Waals surface area contributed by atoms with Gasteiger partial charge in [0.15, 0.2) is 0 Å². The first-order valence-electron chi connectivity index (χ1n) is 9.92. The highest BCUT2D eigenvalue weighted by Crippen LogP contribution is 2.40. The van der Waals surface area contributed by atoms with Crippen LogP contribution in [-0.2, 0) is 10.0 Å². The van der Waals surface area contributed by atoms with Crippen LogP contribution >= 0.6 is 23.2 Å². The van der Waals surface area contributed by atoms with E-state index in [1.807, 2.05) is 0 Å². The third-order valence-corrected chi connectivity index (χ3v) is 7.79. The topological polar surface area (TPSA) is 95.5 Å².